The van der Waals surface area contributed by atoms with Crippen molar-refractivity contribution in [3.05, 3.63) is 82.1 Å². The third-order valence-electron chi connectivity index (χ3n) is 4.00. The van der Waals surface area contributed by atoms with E-state index in [1.807, 2.05) is 29.6 Å². The van der Waals surface area contributed by atoms with E-state index >= 15 is 0 Å². The molecule has 4 rings (SSSR count). The topological polar surface area (TPSA) is 64.6 Å². The van der Waals surface area contributed by atoms with Gasteiger partial charge in [0.05, 0.1) is 4.88 Å². The highest BCUT2D eigenvalue weighted by Gasteiger charge is 2.12. The maximum atomic E-state index is 12.3. The normalized spacial score (nSPS) is 12.3. The molecule has 134 valence electrons. The molecular formula is C21H15NO4S. The van der Waals surface area contributed by atoms with E-state index in [9.17, 15) is 9.59 Å². The van der Waals surface area contributed by atoms with Crippen LogP contribution in [0.4, 0.5) is 5.69 Å². The molecule has 1 aliphatic rings. The van der Waals surface area contributed by atoms with Crippen LogP contribution < -0.4 is 14.8 Å². The number of fused-ring (bicyclic) bond motifs is 1. The van der Waals surface area contributed by atoms with Crippen molar-refractivity contribution in [2.45, 2.75) is 0 Å². The van der Waals surface area contributed by atoms with Crippen molar-refractivity contribution in [2.75, 3.05) is 12.1 Å². The number of ether oxygens (including phenoxy) is 2. The number of ketones is 1. The molecule has 6 heteroatoms. The van der Waals surface area contributed by atoms with Crippen LogP contribution in [-0.4, -0.2) is 18.5 Å². The molecule has 0 unspecified atom stereocenters. The molecule has 0 atom stereocenters. The van der Waals surface area contributed by atoms with Crippen molar-refractivity contribution >= 4 is 34.8 Å². The van der Waals surface area contributed by atoms with Gasteiger partial charge in [0.2, 0.25) is 6.79 Å². The van der Waals surface area contributed by atoms with Crippen molar-refractivity contribution in [2.24, 2.45) is 0 Å². The van der Waals surface area contributed by atoms with Gasteiger partial charge in [0.15, 0.2) is 17.3 Å². The van der Waals surface area contributed by atoms with Crippen LogP contribution in [0.2, 0.25) is 0 Å². The fourth-order valence-electron chi connectivity index (χ4n) is 2.60. The van der Waals surface area contributed by atoms with Crippen molar-refractivity contribution in [3.8, 4) is 11.5 Å². The number of nitrogens with one attached hydrogen (secondary N) is 1. The maximum absolute atomic E-state index is 12.3. The Morgan fingerprint density at radius 3 is 2.59 bits per heavy atom. The Labute approximate surface area is 159 Å². The third kappa shape index (κ3) is 3.91. The fourth-order valence-corrected chi connectivity index (χ4v) is 3.22. The second-order valence-electron chi connectivity index (χ2n) is 5.82. The number of hydrogen-bond acceptors (Lipinski definition) is 5. The molecule has 2 aromatic carbocycles. The molecule has 1 amide bonds. The molecule has 0 saturated carbocycles. The van der Waals surface area contributed by atoms with Gasteiger partial charge in [-0.15, -0.1) is 11.3 Å². The Morgan fingerprint density at radius 1 is 1.00 bits per heavy atom. The zero-order valence-electron chi connectivity index (χ0n) is 14.2. The SMILES string of the molecule is O=C(/C=C/c1ccc2c(c1)OCO2)c1ccc(NC(=O)c2cccs2)cc1. The predicted molar refractivity (Wildman–Crippen MR) is 105 cm³/mol. The van der Waals surface area contributed by atoms with E-state index in [2.05, 4.69) is 5.32 Å². The van der Waals surface area contributed by atoms with E-state index in [4.69, 9.17) is 9.47 Å². The van der Waals surface area contributed by atoms with Gasteiger partial charge in [-0.1, -0.05) is 18.2 Å². The van der Waals surface area contributed by atoms with Crippen LogP contribution in [0.1, 0.15) is 25.6 Å². The summed E-state index contributed by atoms with van der Waals surface area (Å²) in [6.07, 6.45) is 3.24. The first-order valence-electron chi connectivity index (χ1n) is 8.26. The van der Waals surface area contributed by atoms with Crippen LogP contribution in [0.3, 0.4) is 0 Å². The predicted octanol–water partition coefficient (Wildman–Crippen LogP) is 4.63. The molecule has 1 N–H and O–H groups in total. The number of benzene rings is 2. The highest BCUT2D eigenvalue weighted by atomic mass is 32.1. The summed E-state index contributed by atoms with van der Waals surface area (Å²) < 4.78 is 10.6. The highest BCUT2D eigenvalue weighted by Crippen LogP contribution is 2.32. The van der Waals surface area contributed by atoms with Crippen LogP contribution in [-0.2, 0) is 0 Å². The highest BCUT2D eigenvalue weighted by molar-refractivity contribution is 7.12. The number of hydrogen-bond donors (Lipinski definition) is 1. The Morgan fingerprint density at radius 2 is 1.81 bits per heavy atom. The average Bonchev–Trinajstić information content (AvgIpc) is 3.38. The largest absolute Gasteiger partial charge is 0.454 e. The van der Waals surface area contributed by atoms with Crippen molar-refractivity contribution in [1.82, 2.24) is 0 Å². The van der Waals surface area contributed by atoms with Gasteiger partial charge < -0.3 is 14.8 Å². The molecule has 0 radical (unpaired) electrons. The summed E-state index contributed by atoms with van der Waals surface area (Å²) in [5.74, 6) is 1.10. The van der Waals surface area contributed by atoms with Gasteiger partial charge in [0.1, 0.15) is 0 Å². The Balaban J connectivity index is 1.41. The Hall–Kier alpha value is -3.38. The number of rotatable bonds is 5. The molecule has 1 aromatic heterocycles. The van der Waals surface area contributed by atoms with Crippen LogP contribution in [0.15, 0.2) is 66.1 Å². The van der Waals surface area contributed by atoms with Crippen LogP contribution in [0, 0.1) is 0 Å². The minimum absolute atomic E-state index is 0.121. The van der Waals surface area contributed by atoms with E-state index in [0.717, 1.165) is 5.56 Å². The monoisotopic (exact) mass is 377 g/mol. The number of allylic oxidation sites excluding steroid dienone is 1. The lowest BCUT2D eigenvalue weighted by Gasteiger charge is -2.04. The first kappa shape index (κ1) is 17.1. The maximum Gasteiger partial charge on any atom is 0.265 e. The number of anilines is 1. The Bertz CT molecular complexity index is 1010. The quantitative estimate of drug-likeness (QED) is 0.520. The molecule has 27 heavy (non-hydrogen) atoms. The van der Waals surface area contributed by atoms with E-state index in [1.54, 1.807) is 36.4 Å². The molecular weight excluding hydrogens is 362 g/mol. The Kier molecular flexibility index (Phi) is 4.72. The first-order chi connectivity index (χ1) is 13.2. The number of carbonyl (C=O) groups excluding carboxylic acids is 2. The molecule has 2 heterocycles. The number of carbonyl (C=O) groups is 2. The van der Waals surface area contributed by atoms with Gasteiger partial charge >= 0.3 is 0 Å². The summed E-state index contributed by atoms with van der Waals surface area (Å²) in [5, 5.41) is 4.66. The lowest BCUT2D eigenvalue weighted by Crippen LogP contribution is -2.10. The van der Waals surface area contributed by atoms with E-state index in [1.165, 1.54) is 17.4 Å². The number of thiophene rings is 1. The molecule has 3 aromatic rings. The zero-order chi connectivity index (χ0) is 18.6. The molecule has 0 fully saturated rings. The van der Waals surface area contributed by atoms with Crippen molar-refractivity contribution < 1.29 is 19.1 Å². The van der Waals surface area contributed by atoms with Gasteiger partial charge in [0.25, 0.3) is 5.91 Å². The zero-order valence-corrected chi connectivity index (χ0v) is 15.0. The van der Waals surface area contributed by atoms with Gasteiger partial charge in [-0.2, -0.15) is 0 Å². The first-order valence-corrected chi connectivity index (χ1v) is 9.14. The van der Waals surface area contributed by atoms with Gasteiger partial charge in [0, 0.05) is 11.3 Å². The van der Waals surface area contributed by atoms with E-state index in [-0.39, 0.29) is 18.5 Å². The minimum atomic E-state index is -0.160. The lowest BCUT2D eigenvalue weighted by atomic mass is 10.1. The summed E-state index contributed by atoms with van der Waals surface area (Å²) in [4.78, 5) is 25.0. The number of amides is 1. The van der Waals surface area contributed by atoms with Crippen LogP contribution in [0.5, 0.6) is 11.5 Å². The van der Waals surface area contributed by atoms with Gasteiger partial charge in [-0.25, -0.2) is 0 Å². The summed E-state index contributed by atoms with van der Waals surface area (Å²) in [6, 6.07) is 15.9. The summed E-state index contributed by atoms with van der Waals surface area (Å²) in [5.41, 5.74) is 2.04. The summed E-state index contributed by atoms with van der Waals surface area (Å²) >= 11 is 1.38. The van der Waals surface area contributed by atoms with E-state index in [0.29, 0.717) is 27.6 Å². The van der Waals surface area contributed by atoms with Crippen LogP contribution in [0.25, 0.3) is 6.08 Å². The van der Waals surface area contributed by atoms with Crippen molar-refractivity contribution in [3.63, 3.8) is 0 Å². The molecule has 0 saturated heterocycles. The average molecular weight is 377 g/mol. The third-order valence-corrected chi connectivity index (χ3v) is 4.86. The lowest BCUT2D eigenvalue weighted by molar-refractivity contribution is 0.102. The molecule has 1 aliphatic heterocycles. The van der Waals surface area contributed by atoms with Crippen molar-refractivity contribution in [1.29, 1.82) is 0 Å². The smallest absolute Gasteiger partial charge is 0.265 e. The standard InChI is InChI=1S/C21H15NO4S/c23-17(9-3-14-4-10-18-19(12-14)26-13-25-18)15-5-7-16(8-6-15)22-21(24)20-2-1-11-27-20/h1-12H,13H2,(H,22,24)/b9-3+. The summed E-state index contributed by atoms with van der Waals surface area (Å²) in [6.45, 7) is 0.219. The van der Waals surface area contributed by atoms with Crippen LogP contribution >= 0.6 is 11.3 Å². The molecule has 0 aliphatic carbocycles. The minimum Gasteiger partial charge on any atom is -0.454 e. The van der Waals surface area contributed by atoms with E-state index < -0.39 is 0 Å². The second-order valence-corrected chi connectivity index (χ2v) is 6.77. The second kappa shape index (κ2) is 7.47. The molecule has 0 spiro atoms. The molecule has 0 bridgehead atoms. The fraction of sp³-hybridized carbons (Fsp3) is 0.0476. The summed E-state index contributed by atoms with van der Waals surface area (Å²) in [7, 11) is 0. The van der Waals surface area contributed by atoms with Gasteiger partial charge in [-0.05, 0) is 59.5 Å². The molecule has 5 nitrogen and oxygen atoms in total. The van der Waals surface area contributed by atoms with Gasteiger partial charge in [-0.3, -0.25) is 9.59 Å².